The van der Waals surface area contributed by atoms with E-state index in [2.05, 4.69) is 4.99 Å². The van der Waals surface area contributed by atoms with Crippen LogP contribution in [-0.2, 0) is 17.8 Å². The van der Waals surface area contributed by atoms with E-state index in [1.165, 1.54) is 11.3 Å². The van der Waals surface area contributed by atoms with Crippen molar-refractivity contribution >= 4 is 40.0 Å². The number of aliphatic imine (C=N–C) groups is 1. The fourth-order valence-electron chi connectivity index (χ4n) is 2.68. The van der Waals surface area contributed by atoms with Gasteiger partial charge >= 0.3 is 0 Å². The van der Waals surface area contributed by atoms with E-state index in [0.29, 0.717) is 24.4 Å². The van der Waals surface area contributed by atoms with Gasteiger partial charge in [0.25, 0.3) is 5.91 Å². The molecule has 0 radical (unpaired) electrons. The van der Waals surface area contributed by atoms with Crippen LogP contribution < -0.4 is 5.48 Å². The first-order chi connectivity index (χ1) is 10.6. The van der Waals surface area contributed by atoms with Crippen molar-refractivity contribution in [2.45, 2.75) is 32.4 Å². The maximum atomic E-state index is 12.4. The third-order valence-corrected chi connectivity index (χ3v) is 6.05. The molecule has 0 aliphatic carbocycles. The summed E-state index contributed by atoms with van der Waals surface area (Å²) >= 11 is 3.04. The molecule has 0 bridgehead atoms. The van der Waals surface area contributed by atoms with Crippen molar-refractivity contribution in [1.29, 1.82) is 0 Å². The number of nitrogens with zero attached hydrogens (tertiary/aromatic N) is 2. The van der Waals surface area contributed by atoms with Crippen molar-refractivity contribution in [3.8, 4) is 0 Å². The van der Waals surface area contributed by atoms with Crippen molar-refractivity contribution < 1.29 is 14.8 Å². The summed E-state index contributed by atoms with van der Waals surface area (Å²) in [6.07, 6.45) is 1.20. The summed E-state index contributed by atoms with van der Waals surface area (Å²) in [4.78, 5) is 31.7. The quantitative estimate of drug-likeness (QED) is 0.648. The lowest BCUT2D eigenvalue weighted by Gasteiger charge is -2.27. The number of hydrogen-bond donors (Lipinski definition) is 2. The second-order valence-corrected chi connectivity index (χ2v) is 7.73. The molecule has 2 N–H and O–H groups in total. The van der Waals surface area contributed by atoms with Gasteiger partial charge < -0.3 is 4.90 Å². The summed E-state index contributed by atoms with van der Waals surface area (Å²) in [6, 6.07) is 1.90. The first-order valence-electron chi connectivity index (χ1n) is 7.08. The minimum atomic E-state index is -0.495. The molecule has 2 aliphatic rings. The molecule has 0 saturated carbocycles. The predicted octanol–water partition coefficient (Wildman–Crippen LogP) is 1.68. The molecule has 2 aliphatic heterocycles. The third-order valence-electron chi connectivity index (χ3n) is 3.82. The van der Waals surface area contributed by atoms with E-state index in [1.807, 2.05) is 11.8 Å². The van der Waals surface area contributed by atoms with E-state index in [0.717, 1.165) is 27.7 Å². The highest BCUT2D eigenvalue weighted by atomic mass is 32.2. The lowest BCUT2D eigenvalue weighted by Crippen LogP contribution is -2.36. The van der Waals surface area contributed by atoms with Gasteiger partial charge in [-0.15, -0.1) is 23.1 Å². The van der Waals surface area contributed by atoms with Crippen LogP contribution in [0.5, 0.6) is 0 Å². The van der Waals surface area contributed by atoms with Gasteiger partial charge in [0.15, 0.2) is 0 Å². The van der Waals surface area contributed by atoms with Crippen LogP contribution in [0.25, 0.3) is 0 Å². The largest absolute Gasteiger partial charge is 0.337 e. The number of carbonyl (C=O) groups excluding carboxylic acids is 2. The molecule has 1 aromatic rings. The number of thioether (sulfide) groups is 1. The lowest BCUT2D eigenvalue weighted by molar-refractivity contribution is -0.132. The number of rotatable bonds is 3. The van der Waals surface area contributed by atoms with Gasteiger partial charge in [-0.05, 0) is 25.0 Å². The SMILES string of the molecule is CC1=NC(CC(=O)N2CCc3cc(C(=O)NO)sc3C2)CS1. The fourth-order valence-corrected chi connectivity index (χ4v) is 4.65. The van der Waals surface area contributed by atoms with Gasteiger partial charge in [0.05, 0.1) is 28.9 Å². The molecule has 1 atom stereocenters. The average Bonchev–Trinajstić information content (AvgIpc) is 3.11. The van der Waals surface area contributed by atoms with Gasteiger partial charge in [-0.1, -0.05) is 0 Å². The first kappa shape index (κ1) is 15.5. The number of fused-ring (bicyclic) bond motifs is 1. The summed E-state index contributed by atoms with van der Waals surface area (Å²) in [5, 5.41) is 9.75. The molecule has 6 nitrogen and oxygen atoms in total. The standard InChI is InChI=1S/C14H17N3O3S2/c1-8-15-10(7-21-8)5-13(18)17-3-2-9-4-11(14(19)16-20)22-12(9)6-17/h4,10,20H,2-3,5-7H2,1H3,(H,16,19). The highest BCUT2D eigenvalue weighted by Crippen LogP contribution is 2.29. The molecule has 8 heteroatoms. The van der Waals surface area contributed by atoms with E-state index in [-0.39, 0.29) is 11.9 Å². The monoisotopic (exact) mass is 339 g/mol. The molecule has 118 valence electrons. The van der Waals surface area contributed by atoms with Crippen LogP contribution in [0.4, 0.5) is 0 Å². The number of hydrogen-bond acceptors (Lipinski definition) is 6. The second-order valence-electron chi connectivity index (χ2n) is 5.38. The number of hydroxylamine groups is 1. The molecule has 3 heterocycles. The maximum absolute atomic E-state index is 12.4. The van der Waals surface area contributed by atoms with Crippen LogP contribution in [0.3, 0.4) is 0 Å². The molecule has 1 aromatic heterocycles. The van der Waals surface area contributed by atoms with Crippen molar-refractivity contribution in [2.75, 3.05) is 12.3 Å². The lowest BCUT2D eigenvalue weighted by atomic mass is 10.1. The molecule has 0 fully saturated rings. The smallest absolute Gasteiger partial charge is 0.284 e. The minimum absolute atomic E-state index is 0.0953. The first-order valence-corrected chi connectivity index (χ1v) is 8.88. The minimum Gasteiger partial charge on any atom is -0.337 e. The van der Waals surface area contributed by atoms with Crippen LogP contribution in [0.1, 0.15) is 33.5 Å². The van der Waals surface area contributed by atoms with Crippen molar-refractivity contribution in [3.05, 3.63) is 21.4 Å². The zero-order valence-electron chi connectivity index (χ0n) is 12.2. The Bertz CT molecular complexity index is 641. The van der Waals surface area contributed by atoms with Crippen LogP contribution in [0, 0.1) is 0 Å². The van der Waals surface area contributed by atoms with Crippen molar-refractivity contribution in [3.63, 3.8) is 0 Å². The summed E-state index contributed by atoms with van der Waals surface area (Å²) in [5.74, 6) is 0.512. The number of amides is 2. The van der Waals surface area contributed by atoms with E-state index in [9.17, 15) is 9.59 Å². The Morgan fingerprint density at radius 2 is 2.36 bits per heavy atom. The van der Waals surface area contributed by atoms with Crippen molar-refractivity contribution in [2.24, 2.45) is 4.99 Å². The zero-order chi connectivity index (χ0) is 15.7. The Balaban J connectivity index is 1.65. The van der Waals surface area contributed by atoms with Crippen LogP contribution in [0.15, 0.2) is 11.1 Å². The summed E-state index contributed by atoms with van der Waals surface area (Å²) in [7, 11) is 0. The Labute approximate surface area is 136 Å². The van der Waals surface area contributed by atoms with Gasteiger partial charge in [-0.25, -0.2) is 5.48 Å². The highest BCUT2D eigenvalue weighted by Gasteiger charge is 2.27. The molecule has 0 spiro atoms. The Morgan fingerprint density at radius 3 is 3.05 bits per heavy atom. The van der Waals surface area contributed by atoms with Gasteiger partial charge in [-0.2, -0.15) is 0 Å². The fraction of sp³-hybridized carbons (Fsp3) is 0.500. The van der Waals surface area contributed by atoms with Gasteiger partial charge in [0.1, 0.15) is 0 Å². The van der Waals surface area contributed by atoms with Gasteiger partial charge in [0.2, 0.25) is 5.91 Å². The van der Waals surface area contributed by atoms with Crippen LogP contribution >= 0.6 is 23.1 Å². The van der Waals surface area contributed by atoms with Crippen LogP contribution in [-0.4, -0.2) is 45.3 Å². The van der Waals surface area contributed by atoms with Crippen molar-refractivity contribution in [1.82, 2.24) is 10.4 Å². The zero-order valence-corrected chi connectivity index (χ0v) is 13.8. The highest BCUT2D eigenvalue weighted by molar-refractivity contribution is 8.14. The van der Waals surface area contributed by atoms with E-state index >= 15 is 0 Å². The van der Waals surface area contributed by atoms with Gasteiger partial charge in [0, 0.05) is 17.2 Å². The normalized spacial score (nSPS) is 20.5. The van der Waals surface area contributed by atoms with E-state index in [1.54, 1.807) is 23.3 Å². The summed E-state index contributed by atoms with van der Waals surface area (Å²) in [5.41, 5.74) is 2.75. The predicted molar refractivity (Wildman–Crippen MR) is 86.7 cm³/mol. The average molecular weight is 339 g/mol. The molecule has 22 heavy (non-hydrogen) atoms. The van der Waals surface area contributed by atoms with E-state index in [4.69, 9.17) is 5.21 Å². The third kappa shape index (κ3) is 3.18. The molecule has 0 saturated heterocycles. The molecular weight excluding hydrogens is 322 g/mol. The number of nitrogens with one attached hydrogen (secondary N) is 1. The Hall–Kier alpha value is -1.38. The Morgan fingerprint density at radius 1 is 1.55 bits per heavy atom. The van der Waals surface area contributed by atoms with E-state index < -0.39 is 5.91 Å². The molecule has 1 unspecified atom stereocenters. The van der Waals surface area contributed by atoms with Crippen LogP contribution in [0.2, 0.25) is 0 Å². The number of carbonyl (C=O) groups is 2. The summed E-state index contributed by atoms with van der Waals surface area (Å²) < 4.78 is 0. The molecule has 3 rings (SSSR count). The molecule has 0 aromatic carbocycles. The molecular formula is C14H17N3O3S2. The van der Waals surface area contributed by atoms with Gasteiger partial charge in [-0.3, -0.25) is 19.8 Å². The topological polar surface area (TPSA) is 82.0 Å². The second kappa shape index (κ2) is 6.39. The maximum Gasteiger partial charge on any atom is 0.284 e. The molecule has 2 amide bonds. The number of thiophene rings is 1. The Kier molecular flexibility index (Phi) is 4.51. The summed E-state index contributed by atoms with van der Waals surface area (Å²) in [6.45, 7) is 3.19.